The first-order valence-electron chi connectivity index (χ1n) is 4.21. The van der Waals surface area contributed by atoms with Crippen molar-refractivity contribution in [1.82, 2.24) is 5.32 Å². The lowest BCUT2D eigenvalue weighted by Gasteiger charge is -2.08. The van der Waals surface area contributed by atoms with E-state index in [0.717, 1.165) is 19.5 Å². The summed E-state index contributed by atoms with van der Waals surface area (Å²) in [6.07, 6.45) is 1.30. The molecule has 0 aromatic carbocycles. The molecule has 66 valence electrons. The Morgan fingerprint density at radius 1 is 1.55 bits per heavy atom. The summed E-state index contributed by atoms with van der Waals surface area (Å²) >= 11 is 0. The topological polar surface area (TPSA) is 55.1 Å². The number of nitrogens with two attached hydrogens (primary N) is 1. The van der Waals surface area contributed by atoms with Gasteiger partial charge in [0.05, 0.1) is 6.04 Å². The molecule has 0 heterocycles. The van der Waals surface area contributed by atoms with Crippen molar-refractivity contribution in [1.29, 1.82) is 0 Å². The van der Waals surface area contributed by atoms with E-state index in [1.807, 2.05) is 13.8 Å². The summed E-state index contributed by atoms with van der Waals surface area (Å²) in [4.78, 5) is 11.0. The zero-order valence-electron chi connectivity index (χ0n) is 7.39. The Balaban J connectivity index is 3.36. The Morgan fingerprint density at radius 3 is 2.64 bits per heavy atom. The second kappa shape index (κ2) is 6.31. The zero-order chi connectivity index (χ0) is 8.69. The van der Waals surface area contributed by atoms with Gasteiger partial charge in [0.1, 0.15) is 5.78 Å². The highest BCUT2D eigenvalue weighted by Crippen LogP contribution is 1.92. The fourth-order valence-corrected chi connectivity index (χ4v) is 0.858. The fourth-order valence-electron chi connectivity index (χ4n) is 0.858. The average molecular weight is 158 g/mol. The van der Waals surface area contributed by atoms with E-state index in [-0.39, 0.29) is 11.8 Å². The van der Waals surface area contributed by atoms with E-state index in [4.69, 9.17) is 5.73 Å². The number of hydrogen-bond acceptors (Lipinski definition) is 3. The SMILES string of the molecule is CCNCCC(N)C(=O)CC. The zero-order valence-corrected chi connectivity index (χ0v) is 7.39. The summed E-state index contributed by atoms with van der Waals surface area (Å²) < 4.78 is 0. The predicted octanol–water partition coefficient (Wildman–Crippen LogP) is 0.292. The number of nitrogens with one attached hydrogen (secondary N) is 1. The molecule has 3 nitrogen and oxygen atoms in total. The van der Waals surface area contributed by atoms with Crippen LogP contribution in [0.15, 0.2) is 0 Å². The number of Topliss-reactive ketones (excluding diaryl/α,β-unsaturated/α-hetero) is 1. The smallest absolute Gasteiger partial charge is 0.149 e. The molecule has 0 amide bonds. The molecular weight excluding hydrogens is 140 g/mol. The van der Waals surface area contributed by atoms with E-state index < -0.39 is 0 Å². The van der Waals surface area contributed by atoms with Gasteiger partial charge in [0.15, 0.2) is 0 Å². The van der Waals surface area contributed by atoms with Crippen molar-refractivity contribution < 1.29 is 4.79 Å². The summed E-state index contributed by atoms with van der Waals surface area (Å²) in [7, 11) is 0. The quantitative estimate of drug-likeness (QED) is 0.546. The van der Waals surface area contributed by atoms with Crippen molar-refractivity contribution in [3.63, 3.8) is 0 Å². The molecule has 1 unspecified atom stereocenters. The molecule has 0 fully saturated rings. The third-order valence-corrected chi connectivity index (χ3v) is 1.64. The van der Waals surface area contributed by atoms with Crippen LogP contribution < -0.4 is 11.1 Å². The maximum atomic E-state index is 11.0. The van der Waals surface area contributed by atoms with Gasteiger partial charge in [0, 0.05) is 6.42 Å². The van der Waals surface area contributed by atoms with Gasteiger partial charge in [-0.05, 0) is 19.5 Å². The molecule has 0 saturated carbocycles. The van der Waals surface area contributed by atoms with Crippen molar-refractivity contribution in [2.75, 3.05) is 13.1 Å². The Labute approximate surface area is 68.3 Å². The van der Waals surface area contributed by atoms with Crippen molar-refractivity contribution in [3.05, 3.63) is 0 Å². The molecule has 0 aromatic rings. The first kappa shape index (κ1) is 10.6. The highest BCUT2D eigenvalue weighted by molar-refractivity contribution is 5.83. The molecule has 0 aliphatic rings. The van der Waals surface area contributed by atoms with Crippen LogP contribution in [0.25, 0.3) is 0 Å². The van der Waals surface area contributed by atoms with Gasteiger partial charge in [-0.25, -0.2) is 0 Å². The molecule has 0 aliphatic carbocycles. The molecular formula is C8H18N2O. The van der Waals surface area contributed by atoms with E-state index in [1.54, 1.807) is 0 Å². The number of ketones is 1. The van der Waals surface area contributed by atoms with E-state index in [0.29, 0.717) is 6.42 Å². The Hall–Kier alpha value is -0.410. The van der Waals surface area contributed by atoms with Crippen molar-refractivity contribution in [2.24, 2.45) is 5.73 Å². The van der Waals surface area contributed by atoms with E-state index in [9.17, 15) is 4.79 Å². The van der Waals surface area contributed by atoms with E-state index in [1.165, 1.54) is 0 Å². The van der Waals surface area contributed by atoms with Gasteiger partial charge >= 0.3 is 0 Å². The van der Waals surface area contributed by atoms with Gasteiger partial charge < -0.3 is 11.1 Å². The number of rotatable bonds is 6. The maximum absolute atomic E-state index is 11.0. The second-order valence-corrected chi connectivity index (χ2v) is 2.57. The summed E-state index contributed by atoms with van der Waals surface area (Å²) in [5, 5.41) is 3.13. The van der Waals surface area contributed by atoms with Gasteiger partial charge in [-0.3, -0.25) is 4.79 Å². The van der Waals surface area contributed by atoms with E-state index >= 15 is 0 Å². The second-order valence-electron chi connectivity index (χ2n) is 2.57. The monoisotopic (exact) mass is 158 g/mol. The molecule has 0 aliphatic heterocycles. The Morgan fingerprint density at radius 2 is 2.18 bits per heavy atom. The first-order valence-corrected chi connectivity index (χ1v) is 4.21. The van der Waals surface area contributed by atoms with Crippen LogP contribution in [-0.4, -0.2) is 24.9 Å². The molecule has 0 bridgehead atoms. The van der Waals surface area contributed by atoms with Gasteiger partial charge in [0.25, 0.3) is 0 Å². The number of hydrogen-bond donors (Lipinski definition) is 2. The Kier molecular flexibility index (Phi) is 6.07. The van der Waals surface area contributed by atoms with Crippen LogP contribution in [0.3, 0.4) is 0 Å². The standard InChI is InChI=1S/C8H18N2O/c1-3-8(11)7(9)5-6-10-4-2/h7,10H,3-6,9H2,1-2H3. The predicted molar refractivity (Wildman–Crippen MR) is 46.4 cm³/mol. The van der Waals surface area contributed by atoms with Crippen LogP contribution in [0.5, 0.6) is 0 Å². The first-order chi connectivity index (χ1) is 5.22. The van der Waals surface area contributed by atoms with Crippen molar-refractivity contribution in [2.45, 2.75) is 32.7 Å². The summed E-state index contributed by atoms with van der Waals surface area (Å²) in [5.41, 5.74) is 5.58. The molecule has 1 atom stereocenters. The van der Waals surface area contributed by atoms with Crippen LogP contribution >= 0.6 is 0 Å². The van der Waals surface area contributed by atoms with Gasteiger partial charge in [-0.15, -0.1) is 0 Å². The molecule has 0 saturated heterocycles. The van der Waals surface area contributed by atoms with Gasteiger partial charge in [-0.2, -0.15) is 0 Å². The lowest BCUT2D eigenvalue weighted by molar-refractivity contribution is -0.120. The minimum atomic E-state index is -0.265. The van der Waals surface area contributed by atoms with Crippen LogP contribution in [0.4, 0.5) is 0 Å². The molecule has 0 radical (unpaired) electrons. The van der Waals surface area contributed by atoms with Crippen molar-refractivity contribution >= 4 is 5.78 Å². The largest absolute Gasteiger partial charge is 0.321 e. The molecule has 0 aromatic heterocycles. The highest BCUT2D eigenvalue weighted by atomic mass is 16.1. The normalized spacial score (nSPS) is 13.0. The molecule has 0 rings (SSSR count). The Bertz CT molecular complexity index is 115. The summed E-state index contributed by atoms with van der Waals surface area (Å²) in [6, 6.07) is -0.265. The fraction of sp³-hybridized carbons (Fsp3) is 0.875. The van der Waals surface area contributed by atoms with Crippen molar-refractivity contribution in [3.8, 4) is 0 Å². The summed E-state index contributed by atoms with van der Waals surface area (Å²) in [6.45, 7) is 5.65. The minimum Gasteiger partial charge on any atom is -0.321 e. The number of carbonyl (C=O) groups is 1. The van der Waals surface area contributed by atoms with Gasteiger partial charge in [-0.1, -0.05) is 13.8 Å². The average Bonchev–Trinajstić information content (AvgIpc) is 2.03. The molecule has 3 heteroatoms. The third-order valence-electron chi connectivity index (χ3n) is 1.64. The van der Waals surface area contributed by atoms with Gasteiger partial charge in [0.2, 0.25) is 0 Å². The van der Waals surface area contributed by atoms with Crippen LogP contribution in [0.2, 0.25) is 0 Å². The lowest BCUT2D eigenvalue weighted by atomic mass is 10.1. The third kappa shape index (κ3) is 4.93. The lowest BCUT2D eigenvalue weighted by Crippen LogP contribution is -2.33. The molecule has 3 N–H and O–H groups in total. The van der Waals surface area contributed by atoms with Crippen LogP contribution in [0, 0.1) is 0 Å². The summed E-state index contributed by atoms with van der Waals surface area (Å²) in [5.74, 6) is 0.155. The minimum absolute atomic E-state index is 0.155. The maximum Gasteiger partial charge on any atom is 0.149 e. The molecule has 11 heavy (non-hydrogen) atoms. The van der Waals surface area contributed by atoms with Crippen LogP contribution in [0.1, 0.15) is 26.7 Å². The molecule has 0 spiro atoms. The van der Waals surface area contributed by atoms with E-state index in [2.05, 4.69) is 5.32 Å². The number of carbonyl (C=O) groups excluding carboxylic acids is 1. The highest BCUT2D eigenvalue weighted by Gasteiger charge is 2.09. The van der Waals surface area contributed by atoms with Crippen LogP contribution in [-0.2, 0) is 4.79 Å².